The van der Waals surface area contributed by atoms with E-state index < -0.39 is 6.16 Å². The molecule has 4 N–H and O–H groups in total. The van der Waals surface area contributed by atoms with E-state index >= 15 is 0 Å². The number of nitrogens with zero attached hydrogens (tertiary/aromatic N) is 3. The van der Waals surface area contributed by atoms with Crippen molar-refractivity contribution in [2.45, 2.75) is 38.8 Å². The number of rotatable bonds is 14. The van der Waals surface area contributed by atoms with Gasteiger partial charge in [0.05, 0.1) is 18.9 Å². The predicted molar refractivity (Wildman–Crippen MR) is 133 cm³/mol. The molecule has 0 atom stereocenters. The van der Waals surface area contributed by atoms with E-state index in [0.717, 1.165) is 37.1 Å². The fraction of sp³-hybridized carbons (Fsp3) is 0.417. The molecule has 0 aliphatic heterocycles. The molecule has 0 bridgehead atoms. The first-order chi connectivity index (χ1) is 17.1. The lowest BCUT2D eigenvalue weighted by Crippen LogP contribution is -3.00. The van der Waals surface area contributed by atoms with E-state index in [4.69, 9.17) is 36.8 Å². The summed E-state index contributed by atoms with van der Waals surface area (Å²) >= 11 is 5.86. The Labute approximate surface area is 222 Å². The van der Waals surface area contributed by atoms with Crippen molar-refractivity contribution in [2.75, 3.05) is 31.6 Å². The van der Waals surface area contributed by atoms with Crippen LogP contribution in [-0.2, 0) is 16.2 Å². The minimum absolute atomic E-state index is 0. The molecule has 12 heteroatoms. The van der Waals surface area contributed by atoms with Crippen molar-refractivity contribution in [2.24, 2.45) is 10.7 Å². The highest BCUT2D eigenvalue weighted by Gasteiger charge is 2.08. The predicted octanol–water partition coefficient (Wildman–Crippen LogP) is 0.569. The van der Waals surface area contributed by atoms with Crippen LogP contribution in [0.5, 0.6) is 5.75 Å². The molecule has 2 rings (SSSR count). The number of nitriles is 1. The molecular formula is C24H32Cl2N6O4. The van der Waals surface area contributed by atoms with Crippen LogP contribution >= 0.6 is 11.6 Å². The number of nitrogens with one attached hydrogen (secondary N) is 2. The van der Waals surface area contributed by atoms with Gasteiger partial charge in [-0.05, 0) is 56.5 Å². The number of hydrogen-bond donors (Lipinski definition) is 3. The molecule has 0 spiro atoms. The summed E-state index contributed by atoms with van der Waals surface area (Å²) < 4.78 is 17.2. The summed E-state index contributed by atoms with van der Waals surface area (Å²) in [6.07, 6.45) is 9.07. The third kappa shape index (κ3) is 13.6. The second kappa shape index (κ2) is 19.0. The van der Waals surface area contributed by atoms with Gasteiger partial charge in [0.2, 0.25) is 5.96 Å². The molecule has 0 amide bonds. The van der Waals surface area contributed by atoms with Crippen molar-refractivity contribution in [3.8, 4) is 11.9 Å². The molecule has 36 heavy (non-hydrogen) atoms. The van der Waals surface area contributed by atoms with Crippen molar-refractivity contribution in [3.05, 3.63) is 53.8 Å². The number of carbonyl (C=O) groups excluding carboxylic acids is 1. The molecule has 0 aliphatic rings. The van der Waals surface area contributed by atoms with Crippen molar-refractivity contribution in [1.29, 1.82) is 5.26 Å². The number of guanidine groups is 1. The molecule has 0 unspecified atom stereocenters. The number of halogens is 2. The Morgan fingerprint density at radius 2 is 1.75 bits per heavy atom. The van der Waals surface area contributed by atoms with Gasteiger partial charge >= 0.3 is 6.16 Å². The Morgan fingerprint density at radius 1 is 1.03 bits per heavy atom. The Balaban J connectivity index is 0.00000648. The zero-order valence-corrected chi connectivity index (χ0v) is 21.5. The minimum atomic E-state index is -0.741. The summed E-state index contributed by atoms with van der Waals surface area (Å²) in [6.45, 7) is 1.94. The highest BCUT2D eigenvalue weighted by molar-refractivity contribution is 6.30. The molecule has 0 saturated carbocycles. The second-order valence-corrected chi connectivity index (χ2v) is 7.86. The summed E-state index contributed by atoms with van der Waals surface area (Å²) in [5.74, 6) is 1.19. The van der Waals surface area contributed by atoms with Crippen molar-refractivity contribution in [1.82, 2.24) is 5.32 Å². The normalized spacial score (nSPS) is 10.5. The molecule has 0 radical (unpaired) electrons. The first kappa shape index (κ1) is 30.8. The number of nitrogens with two attached hydrogens (primary N) is 1. The van der Waals surface area contributed by atoms with E-state index in [0.29, 0.717) is 37.1 Å². The average Bonchev–Trinajstić information content (AvgIpc) is 2.86. The van der Waals surface area contributed by atoms with E-state index in [1.807, 2.05) is 30.5 Å². The first-order valence-corrected chi connectivity index (χ1v) is 11.8. The third-order valence-electron chi connectivity index (χ3n) is 4.63. The number of unbranched alkanes of at least 4 members (excludes halogenated alkanes) is 3. The van der Waals surface area contributed by atoms with Crippen LogP contribution in [0.4, 0.5) is 10.5 Å². The van der Waals surface area contributed by atoms with Gasteiger partial charge in [0.15, 0.2) is 18.6 Å². The standard InChI is InChI=1S/C24H31ClN6O4.ClH/c25-20-6-8-22(9-7-20)33-16-4-2-1-3-13-28-23(29-18-27)30-21-10-14-31(15-11-21)19-35-24(32)34-17-5-12-26;/h6-11,14-15H,1-5,12-13,16-17,19,26H2,(H,28,29);1H. The fourth-order valence-electron chi connectivity index (χ4n) is 2.81. The van der Waals surface area contributed by atoms with E-state index in [1.54, 1.807) is 29.1 Å². The Bertz CT molecular complexity index is 953. The highest BCUT2D eigenvalue weighted by Crippen LogP contribution is 2.16. The smallest absolute Gasteiger partial charge is 0.513 e. The summed E-state index contributed by atoms with van der Waals surface area (Å²) in [6, 6.07) is 10.9. The molecule has 0 fully saturated rings. The molecule has 196 valence electrons. The van der Waals surface area contributed by atoms with Crippen LogP contribution in [0.1, 0.15) is 32.1 Å². The van der Waals surface area contributed by atoms with Gasteiger partial charge in [-0.25, -0.2) is 4.79 Å². The third-order valence-corrected chi connectivity index (χ3v) is 4.88. The van der Waals surface area contributed by atoms with E-state index in [2.05, 4.69) is 15.6 Å². The quantitative estimate of drug-likeness (QED) is 0.0604. The number of anilines is 1. The van der Waals surface area contributed by atoms with E-state index in [9.17, 15) is 4.79 Å². The number of aromatic nitrogens is 1. The fourth-order valence-corrected chi connectivity index (χ4v) is 2.94. The van der Waals surface area contributed by atoms with Gasteiger partial charge in [0.1, 0.15) is 5.75 Å². The largest absolute Gasteiger partial charge is 1.00 e. The summed E-state index contributed by atoms with van der Waals surface area (Å²) in [5.41, 5.74) is 6.07. The van der Waals surface area contributed by atoms with Gasteiger partial charge in [0.25, 0.3) is 6.73 Å². The van der Waals surface area contributed by atoms with Crippen molar-refractivity contribution < 1.29 is 36.0 Å². The number of aliphatic imine (C=N–C) groups is 1. The second-order valence-electron chi connectivity index (χ2n) is 7.42. The number of pyridine rings is 1. The van der Waals surface area contributed by atoms with E-state index in [-0.39, 0.29) is 25.7 Å². The number of ether oxygens (including phenoxy) is 3. The molecular weight excluding hydrogens is 507 g/mol. The summed E-state index contributed by atoms with van der Waals surface area (Å²) in [7, 11) is 0. The Hall–Kier alpha value is -3.26. The molecule has 1 aromatic carbocycles. The lowest BCUT2D eigenvalue weighted by Gasteiger charge is -2.08. The minimum Gasteiger partial charge on any atom is -1.00 e. The van der Waals surface area contributed by atoms with E-state index in [1.165, 1.54) is 0 Å². The lowest BCUT2D eigenvalue weighted by atomic mass is 10.2. The lowest BCUT2D eigenvalue weighted by molar-refractivity contribution is -0.727. The first-order valence-electron chi connectivity index (χ1n) is 11.4. The zero-order chi connectivity index (χ0) is 25.1. The molecule has 0 saturated heterocycles. The van der Waals surface area contributed by atoms with Gasteiger partial charge in [-0.3, -0.25) is 10.3 Å². The molecule has 10 nitrogen and oxygen atoms in total. The van der Waals surface area contributed by atoms with Crippen LogP contribution in [-0.4, -0.2) is 38.4 Å². The van der Waals surface area contributed by atoms with Gasteiger partial charge in [-0.1, -0.05) is 18.0 Å². The topological polar surface area (TPSA) is 135 Å². The van der Waals surface area contributed by atoms with Gasteiger partial charge in [-0.2, -0.15) is 9.83 Å². The summed E-state index contributed by atoms with van der Waals surface area (Å²) in [5, 5.41) is 15.3. The van der Waals surface area contributed by atoms with Crippen LogP contribution in [0.15, 0.2) is 53.8 Å². The van der Waals surface area contributed by atoms with Crippen LogP contribution in [0.2, 0.25) is 5.02 Å². The van der Waals surface area contributed by atoms with Crippen LogP contribution in [0.3, 0.4) is 0 Å². The maximum absolute atomic E-state index is 11.5. The molecule has 1 heterocycles. The molecule has 2 aromatic rings. The zero-order valence-electron chi connectivity index (χ0n) is 20.0. The highest BCUT2D eigenvalue weighted by atomic mass is 35.5. The molecule has 0 aliphatic carbocycles. The molecule has 1 aromatic heterocycles. The summed E-state index contributed by atoms with van der Waals surface area (Å²) in [4.78, 5) is 15.9. The monoisotopic (exact) mass is 538 g/mol. The van der Waals surface area contributed by atoms with Crippen molar-refractivity contribution >= 4 is 29.4 Å². The Kier molecular flexibility index (Phi) is 16.2. The van der Waals surface area contributed by atoms with Crippen LogP contribution < -0.4 is 38.1 Å². The Morgan fingerprint density at radius 3 is 2.44 bits per heavy atom. The SMILES string of the molecule is N#CN/C(=N/CCCCCCOc1ccc(Cl)cc1)Nc1cc[n+](COC(=O)OCCCN)cc1.[Cl-]. The number of hydrogen-bond acceptors (Lipinski definition) is 7. The maximum Gasteiger partial charge on any atom is 0.513 e. The van der Waals surface area contributed by atoms with Crippen molar-refractivity contribution in [3.63, 3.8) is 0 Å². The van der Waals surface area contributed by atoms with Gasteiger partial charge in [-0.15, -0.1) is 0 Å². The van der Waals surface area contributed by atoms with Crippen LogP contribution in [0.25, 0.3) is 0 Å². The average molecular weight is 539 g/mol. The number of carbonyl (C=O) groups is 1. The maximum atomic E-state index is 11.5. The van der Waals surface area contributed by atoms with Gasteiger partial charge in [0, 0.05) is 23.7 Å². The number of benzene rings is 1. The van der Waals surface area contributed by atoms with Crippen LogP contribution in [0, 0.1) is 11.5 Å². The van der Waals surface area contributed by atoms with Gasteiger partial charge < -0.3 is 37.7 Å².